The van der Waals surface area contributed by atoms with Crippen molar-refractivity contribution in [3.63, 3.8) is 0 Å². The topological polar surface area (TPSA) is 12.0 Å². The fourth-order valence-electron chi connectivity index (χ4n) is 1.51. The molecule has 0 amide bonds. The molecule has 0 fully saturated rings. The first-order valence-corrected chi connectivity index (χ1v) is 6.09. The monoisotopic (exact) mass is 237 g/mol. The van der Waals surface area contributed by atoms with Crippen LogP contribution in [0.1, 0.15) is 5.56 Å². The Balaban J connectivity index is 2.38. The van der Waals surface area contributed by atoms with E-state index in [0.29, 0.717) is 0 Å². The van der Waals surface area contributed by atoms with Gasteiger partial charge in [-0.3, -0.25) is 0 Å². The van der Waals surface area contributed by atoms with E-state index in [9.17, 15) is 0 Å². The van der Waals surface area contributed by atoms with Gasteiger partial charge < -0.3 is 5.32 Å². The van der Waals surface area contributed by atoms with Gasteiger partial charge >= 0.3 is 0 Å². The Hall–Kier alpha value is -0.830. The lowest BCUT2D eigenvalue weighted by Crippen LogP contribution is -2.05. The molecule has 1 nitrogen and oxygen atoms in total. The van der Waals surface area contributed by atoms with Gasteiger partial charge in [0.05, 0.1) is 0 Å². The lowest BCUT2D eigenvalue weighted by atomic mass is 10.1. The Morgan fingerprint density at radius 2 is 2.13 bits per heavy atom. The molecule has 1 heterocycles. The second kappa shape index (κ2) is 4.79. The molecule has 0 aliphatic rings. The van der Waals surface area contributed by atoms with Gasteiger partial charge in [-0.25, -0.2) is 0 Å². The summed E-state index contributed by atoms with van der Waals surface area (Å²) >= 11 is 7.81. The van der Waals surface area contributed by atoms with Crippen molar-refractivity contribution in [2.24, 2.45) is 0 Å². The molecular formula is C12H12ClNS. The van der Waals surface area contributed by atoms with Crippen molar-refractivity contribution >= 4 is 22.9 Å². The molecule has 2 rings (SSSR count). The van der Waals surface area contributed by atoms with Crippen molar-refractivity contribution in [3.8, 4) is 11.1 Å². The van der Waals surface area contributed by atoms with E-state index >= 15 is 0 Å². The van der Waals surface area contributed by atoms with Gasteiger partial charge in [0.2, 0.25) is 0 Å². The number of benzene rings is 1. The van der Waals surface area contributed by atoms with Crippen LogP contribution in [0.15, 0.2) is 35.0 Å². The quantitative estimate of drug-likeness (QED) is 0.857. The molecular weight excluding hydrogens is 226 g/mol. The predicted octanol–water partition coefficient (Wildman–Crippen LogP) is 3.79. The summed E-state index contributed by atoms with van der Waals surface area (Å²) in [5.41, 5.74) is 3.63. The molecule has 0 aliphatic heterocycles. The number of hydrogen-bond acceptors (Lipinski definition) is 2. The first-order chi connectivity index (χ1) is 7.31. The van der Waals surface area contributed by atoms with Gasteiger partial charge in [-0.15, -0.1) is 0 Å². The van der Waals surface area contributed by atoms with Crippen LogP contribution >= 0.6 is 22.9 Å². The highest BCUT2D eigenvalue weighted by Gasteiger charge is 2.03. The van der Waals surface area contributed by atoms with Crippen LogP contribution < -0.4 is 5.32 Å². The minimum Gasteiger partial charge on any atom is -0.316 e. The highest BCUT2D eigenvalue weighted by Crippen LogP contribution is 2.26. The summed E-state index contributed by atoms with van der Waals surface area (Å²) in [5.74, 6) is 0. The van der Waals surface area contributed by atoms with E-state index in [2.05, 4.69) is 34.3 Å². The standard InChI is InChI=1S/C12H12ClNS/c1-14-7-11-6-9(2-3-12(11)13)10-4-5-15-8-10/h2-6,8,14H,7H2,1H3. The number of nitrogens with one attached hydrogen (secondary N) is 1. The average molecular weight is 238 g/mol. The summed E-state index contributed by atoms with van der Waals surface area (Å²) in [6.07, 6.45) is 0. The molecule has 0 saturated carbocycles. The van der Waals surface area contributed by atoms with Crippen molar-refractivity contribution in [3.05, 3.63) is 45.6 Å². The summed E-state index contributed by atoms with van der Waals surface area (Å²) in [7, 11) is 1.92. The summed E-state index contributed by atoms with van der Waals surface area (Å²) in [4.78, 5) is 0. The lowest BCUT2D eigenvalue weighted by Gasteiger charge is -2.06. The maximum absolute atomic E-state index is 6.10. The average Bonchev–Trinajstić information content (AvgIpc) is 2.75. The molecule has 2 aromatic rings. The van der Waals surface area contributed by atoms with E-state index in [-0.39, 0.29) is 0 Å². The van der Waals surface area contributed by atoms with Gasteiger partial charge in [0.25, 0.3) is 0 Å². The summed E-state index contributed by atoms with van der Waals surface area (Å²) in [6, 6.07) is 8.28. The Kier molecular flexibility index (Phi) is 3.41. The highest BCUT2D eigenvalue weighted by atomic mass is 35.5. The zero-order chi connectivity index (χ0) is 10.7. The Bertz CT molecular complexity index is 437. The van der Waals surface area contributed by atoms with Gasteiger partial charge in [-0.05, 0) is 52.7 Å². The van der Waals surface area contributed by atoms with E-state index in [1.165, 1.54) is 11.1 Å². The number of halogens is 1. The third-order valence-electron chi connectivity index (χ3n) is 2.27. The van der Waals surface area contributed by atoms with Crippen LogP contribution in [0.2, 0.25) is 5.02 Å². The largest absolute Gasteiger partial charge is 0.316 e. The molecule has 0 unspecified atom stereocenters. The summed E-state index contributed by atoms with van der Waals surface area (Å²) in [6.45, 7) is 0.802. The fraction of sp³-hybridized carbons (Fsp3) is 0.167. The van der Waals surface area contributed by atoms with Gasteiger partial charge in [0, 0.05) is 11.6 Å². The normalized spacial score (nSPS) is 10.5. The van der Waals surface area contributed by atoms with E-state index < -0.39 is 0 Å². The highest BCUT2D eigenvalue weighted by molar-refractivity contribution is 7.08. The number of rotatable bonds is 3. The molecule has 0 radical (unpaired) electrons. The Labute approximate surface area is 98.7 Å². The molecule has 78 valence electrons. The van der Waals surface area contributed by atoms with Crippen LogP contribution in [0.3, 0.4) is 0 Å². The van der Waals surface area contributed by atoms with Crippen LogP contribution in [0.4, 0.5) is 0 Å². The maximum Gasteiger partial charge on any atom is 0.0451 e. The second-order valence-corrected chi connectivity index (χ2v) is 4.54. The van der Waals surface area contributed by atoms with Crippen molar-refractivity contribution in [1.82, 2.24) is 5.32 Å². The van der Waals surface area contributed by atoms with E-state index in [4.69, 9.17) is 11.6 Å². The summed E-state index contributed by atoms with van der Waals surface area (Å²) < 4.78 is 0. The van der Waals surface area contributed by atoms with Gasteiger partial charge in [-0.1, -0.05) is 17.7 Å². The Morgan fingerprint density at radius 3 is 2.80 bits per heavy atom. The fourth-order valence-corrected chi connectivity index (χ4v) is 2.36. The van der Waals surface area contributed by atoms with Crippen molar-refractivity contribution in [1.29, 1.82) is 0 Å². The van der Waals surface area contributed by atoms with E-state index in [1.807, 2.05) is 13.1 Å². The van der Waals surface area contributed by atoms with Gasteiger partial charge in [0.15, 0.2) is 0 Å². The molecule has 0 bridgehead atoms. The molecule has 0 aliphatic carbocycles. The first kappa shape index (κ1) is 10.7. The summed E-state index contributed by atoms with van der Waals surface area (Å²) in [5, 5.41) is 8.17. The van der Waals surface area contributed by atoms with Crippen LogP contribution in [0.5, 0.6) is 0 Å². The van der Waals surface area contributed by atoms with Crippen molar-refractivity contribution in [2.45, 2.75) is 6.54 Å². The molecule has 0 saturated heterocycles. The minimum atomic E-state index is 0.802. The first-order valence-electron chi connectivity index (χ1n) is 4.77. The van der Waals surface area contributed by atoms with Gasteiger partial charge in [-0.2, -0.15) is 11.3 Å². The van der Waals surface area contributed by atoms with Crippen LogP contribution in [-0.2, 0) is 6.54 Å². The SMILES string of the molecule is CNCc1cc(-c2ccsc2)ccc1Cl. The lowest BCUT2D eigenvalue weighted by molar-refractivity contribution is 0.818. The van der Waals surface area contributed by atoms with Crippen LogP contribution in [-0.4, -0.2) is 7.05 Å². The molecule has 3 heteroatoms. The molecule has 15 heavy (non-hydrogen) atoms. The minimum absolute atomic E-state index is 0.802. The zero-order valence-corrected chi connectivity index (χ0v) is 10.0. The molecule has 1 aromatic carbocycles. The molecule has 1 aromatic heterocycles. The molecule has 0 spiro atoms. The van der Waals surface area contributed by atoms with Crippen molar-refractivity contribution < 1.29 is 0 Å². The molecule has 0 atom stereocenters. The maximum atomic E-state index is 6.10. The predicted molar refractivity (Wildman–Crippen MR) is 67.5 cm³/mol. The number of thiophene rings is 1. The van der Waals surface area contributed by atoms with E-state index in [0.717, 1.165) is 17.1 Å². The van der Waals surface area contributed by atoms with Gasteiger partial charge in [0.1, 0.15) is 0 Å². The third-order valence-corrected chi connectivity index (χ3v) is 3.32. The molecule has 1 N–H and O–H groups in total. The van der Waals surface area contributed by atoms with Crippen molar-refractivity contribution in [2.75, 3.05) is 7.05 Å². The van der Waals surface area contributed by atoms with E-state index in [1.54, 1.807) is 11.3 Å². The van der Waals surface area contributed by atoms with Crippen LogP contribution in [0.25, 0.3) is 11.1 Å². The smallest absolute Gasteiger partial charge is 0.0451 e. The second-order valence-electron chi connectivity index (χ2n) is 3.35. The number of hydrogen-bond donors (Lipinski definition) is 1. The third kappa shape index (κ3) is 2.40. The zero-order valence-electron chi connectivity index (χ0n) is 8.46. The Morgan fingerprint density at radius 1 is 1.27 bits per heavy atom. The van der Waals surface area contributed by atoms with Crippen LogP contribution in [0, 0.1) is 0 Å².